The first-order chi connectivity index (χ1) is 13.0. The number of carbonyl (C=O) groups is 2. The Hall–Kier alpha value is -3.48. The molecule has 0 atom stereocenters. The van der Waals surface area contributed by atoms with E-state index in [0.29, 0.717) is 34.2 Å². The van der Waals surface area contributed by atoms with Crippen LogP contribution >= 0.6 is 0 Å². The summed E-state index contributed by atoms with van der Waals surface area (Å²) in [6.07, 6.45) is 2.99. The summed E-state index contributed by atoms with van der Waals surface area (Å²) < 4.78 is 21.0. The van der Waals surface area contributed by atoms with Crippen molar-refractivity contribution in [2.75, 3.05) is 26.3 Å². The smallest absolute Gasteiger partial charge is 0.248 e. The Balaban J connectivity index is 1.80. The number of ether oxygens (including phenoxy) is 4. The normalized spacial score (nSPS) is 12.1. The van der Waals surface area contributed by atoms with Gasteiger partial charge in [-0.1, -0.05) is 0 Å². The largest absolute Gasteiger partial charge is 0.497 e. The van der Waals surface area contributed by atoms with Crippen LogP contribution in [0.2, 0.25) is 0 Å². The maximum Gasteiger partial charge on any atom is 0.248 e. The van der Waals surface area contributed by atoms with Gasteiger partial charge in [0.1, 0.15) is 11.5 Å². The molecule has 0 aliphatic carbocycles. The fourth-order valence-corrected chi connectivity index (χ4v) is 2.61. The number of fused-ring (bicyclic) bond motifs is 1. The van der Waals surface area contributed by atoms with Gasteiger partial charge in [-0.05, 0) is 36.8 Å². The summed E-state index contributed by atoms with van der Waals surface area (Å²) in [7, 11) is 3.11. The summed E-state index contributed by atoms with van der Waals surface area (Å²) in [6, 6.07) is 8.43. The number of hydrogen-bond donors (Lipinski definition) is 1. The van der Waals surface area contributed by atoms with Gasteiger partial charge >= 0.3 is 0 Å². The molecule has 0 radical (unpaired) electrons. The molecule has 2 aromatic carbocycles. The van der Waals surface area contributed by atoms with Crippen molar-refractivity contribution in [3.63, 3.8) is 0 Å². The van der Waals surface area contributed by atoms with Gasteiger partial charge in [0.25, 0.3) is 0 Å². The minimum atomic E-state index is -0.391. The van der Waals surface area contributed by atoms with Crippen LogP contribution in [0.3, 0.4) is 0 Å². The quantitative estimate of drug-likeness (QED) is 0.621. The highest BCUT2D eigenvalue weighted by Crippen LogP contribution is 2.37. The van der Waals surface area contributed by atoms with E-state index in [1.807, 2.05) is 0 Å². The number of nitrogens with one attached hydrogen (secondary N) is 1. The van der Waals surface area contributed by atoms with Crippen LogP contribution in [-0.2, 0) is 4.79 Å². The van der Waals surface area contributed by atoms with E-state index in [-0.39, 0.29) is 12.6 Å². The predicted molar refractivity (Wildman–Crippen MR) is 99.8 cm³/mol. The highest BCUT2D eigenvalue weighted by atomic mass is 16.7. The molecule has 0 saturated heterocycles. The Morgan fingerprint density at radius 3 is 2.22 bits per heavy atom. The van der Waals surface area contributed by atoms with E-state index < -0.39 is 5.91 Å². The Kier molecular flexibility index (Phi) is 5.30. The summed E-state index contributed by atoms with van der Waals surface area (Å²) in [5.41, 5.74) is 1.45. The second-order valence-corrected chi connectivity index (χ2v) is 5.78. The number of rotatable bonds is 6. The second kappa shape index (κ2) is 7.82. The van der Waals surface area contributed by atoms with Crippen LogP contribution in [0.5, 0.6) is 23.0 Å². The van der Waals surface area contributed by atoms with Crippen LogP contribution in [-0.4, -0.2) is 32.7 Å². The van der Waals surface area contributed by atoms with Crippen molar-refractivity contribution in [3.8, 4) is 23.0 Å². The van der Waals surface area contributed by atoms with Crippen molar-refractivity contribution in [2.24, 2.45) is 0 Å². The minimum Gasteiger partial charge on any atom is -0.497 e. The molecule has 1 amide bonds. The van der Waals surface area contributed by atoms with Gasteiger partial charge in [-0.15, -0.1) is 0 Å². The molecule has 140 valence electrons. The van der Waals surface area contributed by atoms with Crippen LogP contribution in [0.4, 0.5) is 5.69 Å². The van der Waals surface area contributed by atoms with E-state index in [9.17, 15) is 9.59 Å². The van der Waals surface area contributed by atoms with Gasteiger partial charge in [-0.25, -0.2) is 0 Å². The molecule has 0 aromatic heterocycles. The first-order valence-corrected chi connectivity index (χ1v) is 8.17. The molecule has 27 heavy (non-hydrogen) atoms. The molecule has 0 bridgehead atoms. The zero-order valence-corrected chi connectivity index (χ0v) is 15.2. The van der Waals surface area contributed by atoms with Gasteiger partial charge in [0.15, 0.2) is 17.3 Å². The highest BCUT2D eigenvalue weighted by molar-refractivity contribution is 6.08. The van der Waals surface area contributed by atoms with Gasteiger partial charge in [-0.3, -0.25) is 9.59 Å². The summed E-state index contributed by atoms with van der Waals surface area (Å²) >= 11 is 0. The standard InChI is InChI=1S/C20H19NO6/c1-12(22)16-9-18-19(27-11-26-18)10-17(16)21-20(23)5-4-13-6-14(24-2)8-15(7-13)25-3/h4-10H,11H2,1-3H3,(H,21,23)/b5-4+. The van der Waals surface area contributed by atoms with E-state index in [4.69, 9.17) is 18.9 Å². The lowest BCUT2D eigenvalue weighted by molar-refractivity contribution is -0.111. The van der Waals surface area contributed by atoms with Crippen LogP contribution in [0.1, 0.15) is 22.8 Å². The van der Waals surface area contributed by atoms with Crippen LogP contribution in [0.25, 0.3) is 6.08 Å². The first kappa shape index (κ1) is 18.3. The molecule has 1 heterocycles. The fourth-order valence-electron chi connectivity index (χ4n) is 2.61. The maximum atomic E-state index is 12.3. The van der Waals surface area contributed by atoms with Gasteiger partial charge in [0.05, 0.1) is 19.9 Å². The third-order valence-corrected chi connectivity index (χ3v) is 3.95. The number of ketones is 1. The Morgan fingerprint density at radius 2 is 1.63 bits per heavy atom. The number of benzene rings is 2. The topological polar surface area (TPSA) is 83.1 Å². The van der Waals surface area contributed by atoms with E-state index >= 15 is 0 Å². The first-order valence-electron chi connectivity index (χ1n) is 8.17. The monoisotopic (exact) mass is 369 g/mol. The summed E-state index contributed by atoms with van der Waals surface area (Å²) in [5.74, 6) is 1.62. The molecule has 1 aliphatic rings. The number of amides is 1. The summed E-state index contributed by atoms with van der Waals surface area (Å²) in [5, 5.41) is 2.70. The van der Waals surface area contributed by atoms with Crippen molar-refractivity contribution in [2.45, 2.75) is 6.92 Å². The highest BCUT2D eigenvalue weighted by Gasteiger charge is 2.20. The average Bonchev–Trinajstić information content (AvgIpc) is 3.12. The van der Waals surface area contributed by atoms with Gasteiger partial charge in [0, 0.05) is 23.8 Å². The van der Waals surface area contributed by atoms with E-state index in [1.165, 1.54) is 13.0 Å². The molecule has 1 aliphatic heterocycles. The molecule has 0 fully saturated rings. The average molecular weight is 369 g/mol. The molecule has 3 rings (SSSR count). The van der Waals surface area contributed by atoms with E-state index in [2.05, 4.69) is 5.32 Å². The molecule has 0 unspecified atom stereocenters. The Bertz CT molecular complexity index is 897. The lowest BCUT2D eigenvalue weighted by Crippen LogP contribution is -2.11. The SMILES string of the molecule is COc1cc(/C=C/C(=O)Nc2cc3c(cc2C(C)=O)OCO3)cc(OC)c1. The Labute approximate surface area is 156 Å². The predicted octanol–water partition coefficient (Wildman–Crippen LogP) is 3.29. The minimum absolute atomic E-state index is 0.0850. The van der Waals surface area contributed by atoms with Crippen molar-refractivity contribution in [3.05, 3.63) is 47.5 Å². The van der Waals surface area contributed by atoms with E-state index in [0.717, 1.165) is 5.56 Å². The van der Waals surface area contributed by atoms with Crippen LogP contribution in [0, 0.1) is 0 Å². The third kappa shape index (κ3) is 4.20. The molecule has 1 N–H and O–H groups in total. The molecule has 0 saturated carbocycles. The van der Waals surface area contributed by atoms with Gasteiger partial charge < -0.3 is 24.3 Å². The van der Waals surface area contributed by atoms with E-state index in [1.54, 1.807) is 50.6 Å². The number of hydrogen-bond acceptors (Lipinski definition) is 6. The summed E-state index contributed by atoms with van der Waals surface area (Å²) in [4.78, 5) is 24.2. The molecule has 7 heteroatoms. The van der Waals surface area contributed by atoms with Crippen LogP contribution in [0.15, 0.2) is 36.4 Å². The van der Waals surface area contributed by atoms with Crippen molar-refractivity contribution < 1.29 is 28.5 Å². The fraction of sp³-hybridized carbons (Fsp3) is 0.200. The molecule has 0 spiro atoms. The van der Waals surface area contributed by atoms with Crippen LogP contribution < -0.4 is 24.3 Å². The molecule has 7 nitrogen and oxygen atoms in total. The summed E-state index contributed by atoms with van der Waals surface area (Å²) in [6.45, 7) is 1.51. The van der Waals surface area contributed by atoms with Crippen molar-refractivity contribution in [1.82, 2.24) is 0 Å². The van der Waals surface area contributed by atoms with Gasteiger partial charge in [-0.2, -0.15) is 0 Å². The maximum absolute atomic E-state index is 12.3. The zero-order valence-electron chi connectivity index (χ0n) is 15.2. The lowest BCUT2D eigenvalue weighted by atomic mass is 10.1. The molecular formula is C20H19NO6. The number of anilines is 1. The molecule has 2 aromatic rings. The second-order valence-electron chi connectivity index (χ2n) is 5.78. The third-order valence-electron chi connectivity index (χ3n) is 3.95. The van der Waals surface area contributed by atoms with Crippen molar-refractivity contribution >= 4 is 23.5 Å². The Morgan fingerprint density at radius 1 is 1.00 bits per heavy atom. The van der Waals surface area contributed by atoms with Gasteiger partial charge in [0.2, 0.25) is 12.7 Å². The zero-order chi connectivity index (χ0) is 19.4. The van der Waals surface area contributed by atoms with Crippen molar-refractivity contribution in [1.29, 1.82) is 0 Å². The molecular weight excluding hydrogens is 350 g/mol. The number of Topliss-reactive ketones (excluding diaryl/α,β-unsaturated/α-hetero) is 1. The lowest BCUT2D eigenvalue weighted by Gasteiger charge is -2.09. The number of carbonyl (C=O) groups excluding carboxylic acids is 2. The number of methoxy groups -OCH3 is 2.